The Labute approximate surface area is 171 Å². The number of carbonyl (C=O) groups excluding carboxylic acids is 1. The summed E-state index contributed by atoms with van der Waals surface area (Å²) in [5.74, 6) is 0.0309. The molecule has 0 fully saturated rings. The first-order valence-electron chi connectivity index (χ1n) is 9.96. The molecular weight excluding hydrogens is 362 g/mol. The smallest absolute Gasteiger partial charge is 0.407 e. The van der Waals surface area contributed by atoms with Crippen molar-refractivity contribution in [3.05, 3.63) is 95.1 Å². The normalized spacial score (nSPS) is 13.4. The number of ether oxygens (including phenoxy) is 1. The van der Waals surface area contributed by atoms with Gasteiger partial charge in [-0.15, -0.1) is 0 Å². The fraction of sp³-hybridized carbons (Fsp3) is 0.240. The molecule has 2 N–H and O–H groups in total. The number of rotatable bonds is 6. The molecule has 0 heterocycles. The first-order chi connectivity index (χ1) is 14.2. The molecule has 0 bridgehead atoms. The van der Waals surface area contributed by atoms with Gasteiger partial charge in [0.15, 0.2) is 0 Å². The predicted octanol–water partition coefficient (Wildman–Crippen LogP) is 4.96. The van der Waals surface area contributed by atoms with Crippen molar-refractivity contribution in [3.63, 3.8) is 0 Å². The zero-order valence-corrected chi connectivity index (χ0v) is 16.5. The van der Waals surface area contributed by atoms with Crippen LogP contribution in [0.3, 0.4) is 0 Å². The van der Waals surface area contributed by atoms with Crippen molar-refractivity contribution in [3.8, 4) is 11.1 Å². The molecule has 29 heavy (non-hydrogen) atoms. The summed E-state index contributed by atoms with van der Waals surface area (Å²) >= 11 is 0. The molecule has 4 rings (SSSR count). The number of hydrogen-bond donors (Lipinski definition) is 2. The van der Waals surface area contributed by atoms with Crippen molar-refractivity contribution in [2.24, 2.45) is 0 Å². The quantitative estimate of drug-likeness (QED) is 0.629. The molecule has 148 valence electrons. The van der Waals surface area contributed by atoms with Gasteiger partial charge in [0.2, 0.25) is 0 Å². The maximum absolute atomic E-state index is 12.6. The molecule has 0 radical (unpaired) electrons. The van der Waals surface area contributed by atoms with Crippen LogP contribution in [0.4, 0.5) is 4.79 Å². The summed E-state index contributed by atoms with van der Waals surface area (Å²) in [5, 5.41) is 12.3. The summed E-state index contributed by atoms with van der Waals surface area (Å²) in [5.41, 5.74) is 6.86. The highest BCUT2D eigenvalue weighted by atomic mass is 16.5. The number of aliphatic hydroxyl groups excluding tert-OH is 1. The third-order valence-electron chi connectivity index (χ3n) is 5.50. The average Bonchev–Trinajstić information content (AvgIpc) is 3.06. The highest BCUT2D eigenvalue weighted by Gasteiger charge is 2.29. The Bertz CT molecular complexity index is 969. The molecule has 4 heteroatoms. The summed E-state index contributed by atoms with van der Waals surface area (Å²) in [6.45, 7) is 2.27. The summed E-state index contributed by atoms with van der Waals surface area (Å²) in [6, 6.07) is 24.2. The van der Waals surface area contributed by atoms with Crippen LogP contribution < -0.4 is 5.32 Å². The summed E-state index contributed by atoms with van der Waals surface area (Å²) in [7, 11) is 0. The molecule has 3 aromatic carbocycles. The first-order valence-corrected chi connectivity index (χ1v) is 9.96. The van der Waals surface area contributed by atoms with E-state index in [1.807, 2.05) is 55.5 Å². The second-order valence-electron chi connectivity index (χ2n) is 7.45. The molecule has 4 nitrogen and oxygen atoms in total. The highest BCUT2D eigenvalue weighted by Crippen LogP contribution is 2.44. The summed E-state index contributed by atoms with van der Waals surface area (Å²) in [4.78, 5) is 12.6. The van der Waals surface area contributed by atoms with Gasteiger partial charge in [0, 0.05) is 12.5 Å². The minimum atomic E-state index is -0.466. The van der Waals surface area contributed by atoms with E-state index in [1.54, 1.807) is 0 Å². The van der Waals surface area contributed by atoms with Crippen molar-refractivity contribution in [1.29, 1.82) is 0 Å². The maximum atomic E-state index is 12.6. The molecule has 0 aliphatic heterocycles. The number of alkyl carbamates (subject to hydrolysis) is 1. The molecule has 1 aliphatic rings. The second kappa shape index (κ2) is 8.50. The lowest BCUT2D eigenvalue weighted by Crippen LogP contribution is -2.31. The van der Waals surface area contributed by atoms with Crippen molar-refractivity contribution in [1.82, 2.24) is 5.32 Å². The number of amides is 1. The number of carbonyl (C=O) groups is 1. The lowest BCUT2D eigenvalue weighted by molar-refractivity contribution is 0.136. The standard InChI is InChI=1S/C25H25NO3/c1-17-7-6-8-18(15-17)24(13-14-27)26-25(28)29-16-23-21-11-4-2-9-19(21)20-10-3-5-12-22(20)23/h2-12,15,23-24,27H,13-14,16H2,1H3,(H,26,28)/t24-/m0/s1. The Balaban J connectivity index is 1.47. The summed E-state index contributed by atoms with van der Waals surface area (Å²) < 4.78 is 5.64. The van der Waals surface area contributed by atoms with Crippen LogP contribution in [-0.4, -0.2) is 24.4 Å². The van der Waals surface area contributed by atoms with Crippen molar-refractivity contribution >= 4 is 6.09 Å². The van der Waals surface area contributed by atoms with Crippen LogP contribution in [0.25, 0.3) is 11.1 Å². The van der Waals surface area contributed by atoms with Crippen LogP contribution in [0.5, 0.6) is 0 Å². The third-order valence-corrected chi connectivity index (χ3v) is 5.50. The van der Waals surface area contributed by atoms with E-state index in [0.717, 1.165) is 11.1 Å². The lowest BCUT2D eigenvalue weighted by Gasteiger charge is -2.20. The van der Waals surface area contributed by atoms with E-state index in [-0.39, 0.29) is 25.2 Å². The van der Waals surface area contributed by atoms with Gasteiger partial charge >= 0.3 is 6.09 Å². The molecular formula is C25H25NO3. The summed E-state index contributed by atoms with van der Waals surface area (Å²) in [6.07, 6.45) is -0.0278. The Kier molecular flexibility index (Phi) is 5.63. The molecule has 1 aliphatic carbocycles. The zero-order valence-electron chi connectivity index (χ0n) is 16.5. The SMILES string of the molecule is Cc1cccc([C@H](CCO)NC(=O)OCC2c3ccccc3-c3ccccc32)c1. The predicted molar refractivity (Wildman–Crippen MR) is 114 cm³/mol. The topological polar surface area (TPSA) is 58.6 Å². The fourth-order valence-electron chi connectivity index (χ4n) is 4.12. The van der Waals surface area contributed by atoms with Gasteiger partial charge in [-0.05, 0) is 41.2 Å². The van der Waals surface area contributed by atoms with Crippen LogP contribution in [0, 0.1) is 6.92 Å². The first kappa shape index (κ1) is 19.2. The Morgan fingerprint density at radius 1 is 1.00 bits per heavy atom. The van der Waals surface area contributed by atoms with E-state index < -0.39 is 6.09 Å². The second-order valence-corrected chi connectivity index (χ2v) is 7.45. The van der Waals surface area contributed by atoms with Crippen molar-refractivity contribution in [2.75, 3.05) is 13.2 Å². The van der Waals surface area contributed by atoms with Crippen LogP contribution in [-0.2, 0) is 4.74 Å². The van der Waals surface area contributed by atoms with Gasteiger partial charge in [0.05, 0.1) is 6.04 Å². The minimum Gasteiger partial charge on any atom is -0.449 e. The average molecular weight is 387 g/mol. The molecule has 0 saturated heterocycles. The molecule has 0 aromatic heterocycles. The molecule has 0 saturated carbocycles. The Hall–Kier alpha value is -3.11. The largest absolute Gasteiger partial charge is 0.449 e. The van der Waals surface area contributed by atoms with Gasteiger partial charge < -0.3 is 15.2 Å². The van der Waals surface area contributed by atoms with Gasteiger partial charge in [-0.25, -0.2) is 4.79 Å². The number of aliphatic hydroxyl groups is 1. The van der Waals surface area contributed by atoms with E-state index in [2.05, 4.69) is 29.6 Å². The number of nitrogens with one attached hydrogen (secondary N) is 1. The molecule has 0 spiro atoms. The third kappa shape index (κ3) is 4.03. The van der Waals surface area contributed by atoms with Gasteiger partial charge in [-0.2, -0.15) is 0 Å². The number of aryl methyl sites for hydroxylation is 1. The Morgan fingerprint density at radius 2 is 1.66 bits per heavy atom. The monoisotopic (exact) mass is 387 g/mol. The van der Waals surface area contributed by atoms with E-state index in [4.69, 9.17) is 4.74 Å². The van der Waals surface area contributed by atoms with Gasteiger partial charge in [0.1, 0.15) is 6.61 Å². The molecule has 1 amide bonds. The Morgan fingerprint density at radius 3 is 2.28 bits per heavy atom. The number of benzene rings is 3. The minimum absolute atomic E-state index is 0.0116. The number of hydrogen-bond acceptors (Lipinski definition) is 3. The fourth-order valence-corrected chi connectivity index (χ4v) is 4.12. The molecule has 3 aromatic rings. The van der Waals surface area contributed by atoms with Crippen molar-refractivity contribution in [2.45, 2.75) is 25.3 Å². The van der Waals surface area contributed by atoms with Crippen molar-refractivity contribution < 1.29 is 14.6 Å². The van der Waals surface area contributed by atoms with Crippen LogP contribution in [0.15, 0.2) is 72.8 Å². The van der Waals surface area contributed by atoms with Gasteiger partial charge in [-0.3, -0.25) is 0 Å². The van der Waals surface area contributed by atoms with Crippen LogP contribution in [0.1, 0.15) is 40.6 Å². The van der Waals surface area contributed by atoms with Crippen LogP contribution >= 0.6 is 0 Å². The number of fused-ring (bicyclic) bond motifs is 3. The maximum Gasteiger partial charge on any atom is 0.407 e. The highest BCUT2D eigenvalue weighted by molar-refractivity contribution is 5.79. The van der Waals surface area contributed by atoms with Crippen LogP contribution in [0.2, 0.25) is 0 Å². The molecule has 1 atom stereocenters. The van der Waals surface area contributed by atoms with Gasteiger partial charge in [-0.1, -0.05) is 78.4 Å². The van der Waals surface area contributed by atoms with E-state index in [9.17, 15) is 9.90 Å². The van der Waals surface area contributed by atoms with E-state index in [1.165, 1.54) is 22.3 Å². The van der Waals surface area contributed by atoms with Gasteiger partial charge in [0.25, 0.3) is 0 Å². The molecule has 0 unspecified atom stereocenters. The van der Waals surface area contributed by atoms with E-state index in [0.29, 0.717) is 6.42 Å². The van der Waals surface area contributed by atoms with E-state index >= 15 is 0 Å². The zero-order chi connectivity index (χ0) is 20.2. The lowest BCUT2D eigenvalue weighted by atomic mass is 9.98.